The summed E-state index contributed by atoms with van der Waals surface area (Å²) < 4.78 is 5.19. The molecule has 0 bridgehead atoms. The molecule has 0 saturated heterocycles. The molecule has 94 valence electrons. The van der Waals surface area contributed by atoms with E-state index < -0.39 is 12.1 Å². The maximum atomic E-state index is 10.4. The van der Waals surface area contributed by atoms with Gasteiger partial charge >= 0.3 is 5.97 Å². The number of carbonyl (C=O) groups is 1. The topological polar surface area (TPSA) is 70.0 Å². The zero-order chi connectivity index (χ0) is 12.8. The van der Waals surface area contributed by atoms with Crippen LogP contribution in [-0.4, -0.2) is 43.0 Å². The van der Waals surface area contributed by atoms with Crippen LogP contribution in [0.15, 0.2) is 24.3 Å². The molecule has 0 aliphatic carbocycles. The molecule has 1 aromatic rings. The molecule has 0 aromatic heterocycles. The number of likely N-dealkylation sites (N-methyl/N-ethyl adjacent to an activating group) is 1. The van der Waals surface area contributed by atoms with E-state index in [9.17, 15) is 9.90 Å². The number of carboxylic acids is 1. The summed E-state index contributed by atoms with van der Waals surface area (Å²) in [6.07, 6.45) is -1.16. The average Bonchev–Trinajstić information content (AvgIpc) is 2.27. The molecule has 1 rings (SSSR count). The highest BCUT2D eigenvalue weighted by atomic mass is 16.5. The number of hydrogen-bond acceptors (Lipinski definition) is 4. The highest BCUT2D eigenvalue weighted by Crippen LogP contribution is 2.26. The third-order valence-corrected chi connectivity index (χ3v) is 2.39. The minimum Gasteiger partial charge on any atom is -0.495 e. The van der Waals surface area contributed by atoms with Crippen LogP contribution < -0.4 is 9.64 Å². The lowest BCUT2D eigenvalue weighted by molar-refractivity contribution is -0.139. The highest BCUT2D eigenvalue weighted by Gasteiger charge is 2.14. The van der Waals surface area contributed by atoms with Crippen LogP contribution in [0.25, 0.3) is 0 Å². The molecule has 0 saturated carbocycles. The molecule has 5 heteroatoms. The van der Waals surface area contributed by atoms with E-state index in [0.717, 1.165) is 5.69 Å². The predicted octanol–water partition coefficient (Wildman–Crippen LogP) is 0.967. The van der Waals surface area contributed by atoms with E-state index in [4.69, 9.17) is 9.84 Å². The molecule has 0 aliphatic heterocycles. The third kappa shape index (κ3) is 3.96. The lowest BCUT2D eigenvalue weighted by atomic mass is 10.2. The second-order valence-electron chi connectivity index (χ2n) is 3.80. The van der Waals surface area contributed by atoms with Crippen molar-refractivity contribution in [2.45, 2.75) is 12.5 Å². The van der Waals surface area contributed by atoms with Gasteiger partial charge in [0.2, 0.25) is 0 Å². The van der Waals surface area contributed by atoms with E-state index in [1.54, 1.807) is 19.1 Å². The molecule has 1 unspecified atom stereocenters. The van der Waals surface area contributed by atoms with Crippen molar-refractivity contribution >= 4 is 11.7 Å². The summed E-state index contributed by atoms with van der Waals surface area (Å²) in [6.45, 7) is 0.243. The lowest BCUT2D eigenvalue weighted by Crippen LogP contribution is -2.30. The van der Waals surface area contributed by atoms with Crippen molar-refractivity contribution < 1.29 is 19.7 Å². The minimum atomic E-state index is -1.01. The largest absolute Gasteiger partial charge is 0.495 e. The molecule has 0 heterocycles. The molecule has 0 aliphatic rings. The molecular weight excluding hydrogens is 222 g/mol. The number of rotatable bonds is 6. The Balaban J connectivity index is 2.69. The molecule has 1 aromatic carbocycles. The fourth-order valence-electron chi connectivity index (χ4n) is 1.63. The smallest absolute Gasteiger partial charge is 0.306 e. The number of hydrogen-bond donors (Lipinski definition) is 2. The second kappa shape index (κ2) is 6.10. The van der Waals surface area contributed by atoms with Gasteiger partial charge in [0.1, 0.15) is 5.75 Å². The average molecular weight is 239 g/mol. The van der Waals surface area contributed by atoms with Gasteiger partial charge in [-0.15, -0.1) is 0 Å². The minimum absolute atomic E-state index is 0.243. The Kier molecular flexibility index (Phi) is 4.78. The predicted molar refractivity (Wildman–Crippen MR) is 64.5 cm³/mol. The van der Waals surface area contributed by atoms with Crippen molar-refractivity contribution in [2.24, 2.45) is 0 Å². The first-order valence-electron chi connectivity index (χ1n) is 5.28. The molecule has 0 radical (unpaired) electrons. The molecule has 0 fully saturated rings. The summed E-state index contributed by atoms with van der Waals surface area (Å²) in [7, 11) is 3.35. The lowest BCUT2D eigenvalue weighted by Gasteiger charge is -2.23. The Hall–Kier alpha value is -1.75. The van der Waals surface area contributed by atoms with Crippen LogP contribution in [-0.2, 0) is 4.79 Å². The number of aliphatic hydroxyl groups excluding tert-OH is 1. The van der Waals surface area contributed by atoms with E-state index in [0.29, 0.717) is 5.75 Å². The van der Waals surface area contributed by atoms with Gasteiger partial charge in [0, 0.05) is 13.6 Å². The quantitative estimate of drug-likeness (QED) is 0.774. The van der Waals surface area contributed by atoms with Gasteiger partial charge in [-0.25, -0.2) is 0 Å². The Morgan fingerprint density at radius 2 is 2.12 bits per heavy atom. The molecular formula is C12H17NO4. The fraction of sp³-hybridized carbons (Fsp3) is 0.417. The summed E-state index contributed by atoms with van der Waals surface area (Å²) in [6, 6.07) is 7.38. The van der Waals surface area contributed by atoms with Gasteiger partial charge in [-0.3, -0.25) is 4.79 Å². The highest BCUT2D eigenvalue weighted by molar-refractivity contribution is 5.67. The van der Waals surface area contributed by atoms with Crippen LogP contribution in [0.1, 0.15) is 6.42 Å². The van der Waals surface area contributed by atoms with Crippen molar-refractivity contribution in [3.8, 4) is 5.75 Å². The van der Waals surface area contributed by atoms with Gasteiger partial charge in [-0.2, -0.15) is 0 Å². The van der Waals surface area contributed by atoms with Crippen LogP contribution in [0.5, 0.6) is 5.75 Å². The number of nitrogens with zero attached hydrogens (tertiary/aromatic N) is 1. The molecule has 5 nitrogen and oxygen atoms in total. The van der Waals surface area contributed by atoms with Gasteiger partial charge in [0.05, 0.1) is 25.3 Å². The second-order valence-corrected chi connectivity index (χ2v) is 3.80. The first-order valence-corrected chi connectivity index (χ1v) is 5.28. The first-order chi connectivity index (χ1) is 8.04. The fourth-order valence-corrected chi connectivity index (χ4v) is 1.63. The Bertz CT molecular complexity index is 381. The number of carboxylic acid groups (broad SMARTS) is 1. The van der Waals surface area contributed by atoms with Crippen LogP contribution in [0.4, 0.5) is 5.69 Å². The van der Waals surface area contributed by atoms with E-state index in [-0.39, 0.29) is 13.0 Å². The van der Waals surface area contributed by atoms with Crippen LogP contribution in [0, 0.1) is 0 Å². The summed E-state index contributed by atoms with van der Waals surface area (Å²) >= 11 is 0. The van der Waals surface area contributed by atoms with Gasteiger partial charge in [-0.05, 0) is 12.1 Å². The van der Waals surface area contributed by atoms with Crippen molar-refractivity contribution in [3.05, 3.63) is 24.3 Å². The van der Waals surface area contributed by atoms with E-state index >= 15 is 0 Å². The van der Waals surface area contributed by atoms with Crippen LogP contribution in [0.2, 0.25) is 0 Å². The van der Waals surface area contributed by atoms with Crippen molar-refractivity contribution in [1.29, 1.82) is 0 Å². The normalized spacial score (nSPS) is 11.9. The number of aliphatic hydroxyl groups is 1. The summed E-state index contributed by atoms with van der Waals surface area (Å²) in [5.41, 5.74) is 0.819. The maximum absolute atomic E-state index is 10.4. The maximum Gasteiger partial charge on any atom is 0.306 e. The van der Waals surface area contributed by atoms with E-state index in [1.807, 2.05) is 24.3 Å². The summed E-state index contributed by atoms with van der Waals surface area (Å²) in [5.74, 6) is -0.316. The molecule has 2 N–H and O–H groups in total. The van der Waals surface area contributed by atoms with Crippen molar-refractivity contribution in [2.75, 3.05) is 25.6 Å². The molecule has 0 amide bonds. The number of para-hydroxylation sites is 2. The number of aliphatic carboxylic acids is 1. The Morgan fingerprint density at radius 1 is 1.47 bits per heavy atom. The Labute approximate surface area is 100 Å². The summed E-state index contributed by atoms with van der Waals surface area (Å²) in [4.78, 5) is 12.2. The number of methoxy groups -OCH3 is 1. The van der Waals surface area contributed by atoms with Gasteiger partial charge in [-0.1, -0.05) is 12.1 Å². The van der Waals surface area contributed by atoms with Gasteiger partial charge in [0.15, 0.2) is 0 Å². The number of anilines is 1. The number of ether oxygens (including phenoxy) is 1. The molecule has 1 atom stereocenters. The number of benzene rings is 1. The van der Waals surface area contributed by atoms with E-state index in [1.165, 1.54) is 0 Å². The first kappa shape index (κ1) is 13.3. The van der Waals surface area contributed by atoms with Gasteiger partial charge in [0.25, 0.3) is 0 Å². The van der Waals surface area contributed by atoms with Crippen molar-refractivity contribution in [1.82, 2.24) is 0 Å². The van der Waals surface area contributed by atoms with E-state index in [2.05, 4.69) is 0 Å². The standard InChI is InChI=1S/C12H17NO4/c1-13(8-9(14)7-12(15)16)10-5-3-4-6-11(10)17-2/h3-6,9,14H,7-8H2,1-2H3,(H,15,16). The van der Waals surface area contributed by atoms with Crippen molar-refractivity contribution in [3.63, 3.8) is 0 Å². The molecule has 0 spiro atoms. The third-order valence-electron chi connectivity index (χ3n) is 2.39. The van der Waals surface area contributed by atoms with Gasteiger partial charge < -0.3 is 19.8 Å². The zero-order valence-electron chi connectivity index (χ0n) is 9.96. The van der Waals surface area contributed by atoms with Crippen LogP contribution in [0.3, 0.4) is 0 Å². The Morgan fingerprint density at radius 3 is 2.71 bits per heavy atom. The molecule has 17 heavy (non-hydrogen) atoms. The summed E-state index contributed by atoms with van der Waals surface area (Å²) in [5, 5.41) is 18.1. The monoisotopic (exact) mass is 239 g/mol. The SMILES string of the molecule is COc1ccccc1N(C)CC(O)CC(=O)O. The zero-order valence-corrected chi connectivity index (χ0v) is 9.96. The van der Waals surface area contributed by atoms with Crippen LogP contribution >= 0.6 is 0 Å².